The molecule has 6 heteroatoms. The minimum absolute atomic E-state index is 0.0914. The molecule has 148 valence electrons. The van der Waals surface area contributed by atoms with E-state index in [1.54, 1.807) is 0 Å². The van der Waals surface area contributed by atoms with Gasteiger partial charge in [0, 0.05) is 26.1 Å². The number of terminal acetylenes is 1. The molecule has 6 nitrogen and oxygen atoms in total. The van der Waals surface area contributed by atoms with Crippen LogP contribution in [0.1, 0.15) is 53.9 Å². The number of ether oxygens (including phenoxy) is 1. The third-order valence-corrected chi connectivity index (χ3v) is 4.39. The number of hydrogen-bond donors (Lipinski definition) is 1. The number of nitrogens with zero attached hydrogens (tertiary/aromatic N) is 2. The molecule has 1 N–H and O–H groups in total. The summed E-state index contributed by atoms with van der Waals surface area (Å²) in [6.07, 6.45) is 6.54. The Morgan fingerprint density at radius 3 is 2.38 bits per heavy atom. The van der Waals surface area contributed by atoms with Gasteiger partial charge in [-0.05, 0) is 53.1 Å². The molecule has 0 aliphatic carbocycles. The molecule has 1 unspecified atom stereocenters. The van der Waals surface area contributed by atoms with Gasteiger partial charge < -0.3 is 15.0 Å². The van der Waals surface area contributed by atoms with Crippen molar-refractivity contribution in [1.82, 2.24) is 15.1 Å². The van der Waals surface area contributed by atoms with Crippen LogP contribution in [-0.4, -0.2) is 66.7 Å². The Morgan fingerprint density at radius 1 is 1.27 bits per heavy atom. The standard InChI is InChI=1S/C20H35N3O3/c1-9-11-20(16(24)21-14-19(5,6)15-22(7)8)12-10-13-23(20)17(25)26-18(2,3)4/h1H,10-15H2,2-8H3,(H,21,24). The summed E-state index contributed by atoms with van der Waals surface area (Å²) in [6, 6.07) is 0. The molecule has 0 bridgehead atoms. The number of likely N-dealkylation sites (tertiary alicyclic amines) is 1. The smallest absolute Gasteiger partial charge is 0.411 e. The molecule has 0 aromatic heterocycles. The summed E-state index contributed by atoms with van der Waals surface area (Å²) in [5, 5.41) is 3.03. The molecular weight excluding hydrogens is 330 g/mol. The lowest BCUT2D eigenvalue weighted by atomic mass is 9.89. The fourth-order valence-electron chi connectivity index (χ4n) is 3.53. The molecule has 1 saturated heterocycles. The first-order chi connectivity index (χ1) is 11.8. The first kappa shape index (κ1) is 22.3. The first-order valence-electron chi connectivity index (χ1n) is 9.20. The Labute approximate surface area is 158 Å². The van der Waals surface area contributed by atoms with Crippen molar-refractivity contribution in [3.63, 3.8) is 0 Å². The fourth-order valence-corrected chi connectivity index (χ4v) is 3.53. The maximum atomic E-state index is 13.1. The van der Waals surface area contributed by atoms with Crippen LogP contribution in [0.3, 0.4) is 0 Å². The van der Waals surface area contributed by atoms with E-state index < -0.39 is 17.2 Å². The minimum Gasteiger partial charge on any atom is -0.444 e. The van der Waals surface area contributed by atoms with Crippen molar-refractivity contribution >= 4 is 12.0 Å². The largest absolute Gasteiger partial charge is 0.444 e. The molecule has 1 rings (SSSR count). The van der Waals surface area contributed by atoms with Crippen molar-refractivity contribution in [3.8, 4) is 12.3 Å². The third kappa shape index (κ3) is 5.91. The van der Waals surface area contributed by atoms with Crippen LogP contribution in [0.5, 0.6) is 0 Å². The van der Waals surface area contributed by atoms with Gasteiger partial charge in [-0.2, -0.15) is 0 Å². The Balaban J connectivity index is 2.95. The molecule has 1 heterocycles. The predicted molar refractivity (Wildman–Crippen MR) is 104 cm³/mol. The van der Waals surface area contributed by atoms with Crippen LogP contribution in [-0.2, 0) is 9.53 Å². The predicted octanol–water partition coefficient (Wildman–Crippen LogP) is 2.48. The number of nitrogens with one attached hydrogen (secondary N) is 1. The zero-order valence-corrected chi connectivity index (χ0v) is 17.4. The second-order valence-corrected chi connectivity index (χ2v) is 9.23. The van der Waals surface area contributed by atoms with Crippen molar-refractivity contribution in [3.05, 3.63) is 0 Å². The van der Waals surface area contributed by atoms with E-state index in [9.17, 15) is 9.59 Å². The molecule has 0 spiro atoms. The van der Waals surface area contributed by atoms with Crippen molar-refractivity contribution in [2.75, 3.05) is 33.7 Å². The second-order valence-electron chi connectivity index (χ2n) is 9.23. The molecule has 1 aliphatic heterocycles. The van der Waals surface area contributed by atoms with Crippen molar-refractivity contribution in [2.24, 2.45) is 5.41 Å². The SMILES string of the molecule is C#CCC1(C(=O)NCC(C)(C)CN(C)C)CCCN1C(=O)OC(C)(C)C. The monoisotopic (exact) mass is 365 g/mol. The van der Waals surface area contributed by atoms with Gasteiger partial charge in [-0.1, -0.05) is 13.8 Å². The summed E-state index contributed by atoms with van der Waals surface area (Å²) in [5.41, 5.74) is -1.73. The van der Waals surface area contributed by atoms with E-state index in [0.717, 1.165) is 13.0 Å². The highest BCUT2D eigenvalue weighted by Crippen LogP contribution is 2.34. The van der Waals surface area contributed by atoms with Crippen molar-refractivity contribution < 1.29 is 14.3 Å². The molecule has 0 radical (unpaired) electrons. The van der Waals surface area contributed by atoms with Crippen LogP contribution < -0.4 is 5.32 Å². The molecule has 1 aliphatic rings. The highest BCUT2D eigenvalue weighted by molar-refractivity contribution is 5.91. The van der Waals surface area contributed by atoms with E-state index in [1.807, 2.05) is 34.9 Å². The number of rotatable bonds is 6. The average Bonchev–Trinajstić information content (AvgIpc) is 2.87. The molecule has 1 fully saturated rings. The van der Waals surface area contributed by atoms with Gasteiger partial charge in [0.15, 0.2) is 0 Å². The summed E-state index contributed by atoms with van der Waals surface area (Å²) >= 11 is 0. The maximum absolute atomic E-state index is 13.1. The molecular formula is C20H35N3O3. The van der Waals surface area contributed by atoms with Crippen molar-refractivity contribution in [2.45, 2.75) is 65.0 Å². The fraction of sp³-hybridized carbons (Fsp3) is 0.800. The maximum Gasteiger partial charge on any atom is 0.411 e. The van der Waals surface area contributed by atoms with E-state index >= 15 is 0 Å². The lowest BCUT2D eigenvalue weighted by molar-refractivity contribution is -0.132. The van der Waals surface area contributed by atoms with Gasteiger partial charge in [-0.25, -0.2) is 4.79 Å². The van der Waals surface area contributed by atoms with Crippen LogP contribution in [0.25, 0.3) is 0 Å². The Bertz CT molecular complexity index is 558. The van der Waals surface area contributed by atoms with E-state index in [0.29, 0.717) is 19.5 Å². The van der Waals surface area contributed by atoms with E-state index in [2.05, 4.69) is 30.0 Å². The van der Waals surface area contributed by atoms with Crippen molar-refractivity contribution in [1.29, 1.82) is 0 Å². The highest BCUT2D eigenvalue weighted by atomic mass is 16.6. The Hall–Kier alpha value is -1.74. The molecule has 1 atom stereocenters. The van der Waals surface area contributed by atoms with Gasteiger partial charge in [0.1, 0.15) is 11.1 Å². The Morgan fingerprint density at radius 2 is 1.88 bits per heavy atom. The molecule has 0 aromatic carbocycles. The lowest BCUT2D eigenvalue weighted by Gasteiger charge is -2.38. The lowest BCUT2D eigenvalue weighted by Crippen LogP contribution is -2.59. The summed E-state index contributed by atoms with van der Waals surface area (Å²) in [6.45, 7) is 11.5. The zero-order chi connectivity index (χ0) is 20.2. The van der Waals surface area contributed by atoms with Gasteiger partial charge in [0.2, 0.25) is 5.91 Å². The van der Waals surface area contributed by atoms with E-state index in [4.69, 9.17) is 11.2 Å². The second kappa shape index (κ2) is 8.30. The molecule has 2 amide bonds. The molecule has 0 saturated carbocycles. The van der Waals surface area contributed by atoms with Gasteiger partial charge >= 0.3 is 6.09 Å². The van der Waals surface area contributed by atoms with Gasteiger partial charge in [-0.3, -0.25) is 9.69 Å². The van der Waals surface area contributed by atoms with Gasteiger partial charge in [0.25, 0.3) is 0 Å². The minimum atomic E-state index is -1.02. The van der Waals surface area contributed by atoms with E-state index in [1.165, 1.54) is 4.90 Å². The number of carbonyl (C=O) groups is 2. The van der Waals surface area contributed by atoms with Gasteiger partial charge in [-0.15, -0.1) is 12.3 Å². The average molecular weight is 366 g/mol. The zero-order valence-electron chi connectivity index (χ0n) is 17.4. The van der Waals surface area contributed by atoms with Gasteiger partial charge in [0.05, 0.1) is 0 Å². The van der Waals surface area contributed by atoms with Crippen LogP contribution >= 0.6 is 0 Å². The van der Waals surface area contributed by atoms with E-state index in [-0.39, 0.29) is 17.7 Å². The third-order valence-electron chi connectivity index (χ3n) is 4.39. The summed E-state index contributed by atoms with van der Waals surface area (Å²) in [7, 11) is 4.01. The molecule has 0 aromatic rings. The highest BCUT2D eigenvalue weighted by Gasteiger charge is 2.50. The normalized spacial score (nSPS) is 20.8. The van der Waals surface area contributed by atoms with Crippen LogP contribution in [0, 0.1) is 17.8 Å². The number of amides is 2. The first-order valence-corrected chi connectivity index (χ1v) is 9.20. The number of hydrogen-bond acceptors (Lipinski definition) is 4. The number of carbonyl (C=O) groups excluding carboxylic acids is 2. The van der Waals surface area contributed by atoms with Crippen LogP contribution in [0.4, 0.5) is 4.79 Å². The topological polar surface area (TPSA) is 61.9 Å². The van der Waals surface area contributed by atoms with Crippen LogP contribution in [0.2, 0.25) is 0 Å². The summed E-state index contributed by atoms with van der Waals surface area (Å²) in [5.74, 6) is 2.40. The molecule has 26 heavy (non-hydrogen) atoms. The quantitative estimate of drug-likeness (QED) is 0.735. The Kier molecular flexibility index (Phi) is 7.12. The summed E-state index contributed by atoms with van der Waals surface area (Å²) < 4.78 is 5.50. The van der Waals surface area contributed by atoms with Crippen LogP contribution in [0.15, 0.2) is 0 Å². The summed E-state index contributed by atoms with van der Waals surface area (Å²) in [4.78, 5) is 29.4.